The molecule has 0 amide bonds. The molecular formula is C26H27FO. The van der Waals surface area contributed by atoms with Crippen LogP contribution in [-0.2, 0) is 17.8 Å². The van der Waals surface area contributed by atoms with E-state index in [9.17, 15) is 4.39 Å². The van der Waals surface area contributed by atoms with Crippen molar-refractivity contribution in [2.75, 3.05) is 0 Å². The van der Waals surface area contributed by atoms with Gasteiger partial charge in [-0.1, -0.05) is 67.9 Å². The number of hydrogen-bond donors (Lipinski definition) is 0. The molecule has 144 valence electrons. The van der Waals surface area contributed by atoms with E-state index in [1.807, 2.05) is 18.2 Å². The minimum atomic E-state index is -0.209. The van der Waals surface area contributed by atoms with Crippen LogP contribution < -0.4 is 0 Å². The highest BCUT2D eigenvalue weighted by atomic mass is 19.1. The van der Waals surface area contributed by atoms with Gasteiger partial charge in [0.25, 0.3) is 0 Å². The van der Waals surface area contributed by atoms with Gasteiger partial charge in [0.15, 0.2) is 0 Å². The molecule has 0 fully saturated rings. The summed E-state index contributed by atoms with van der Waals surface area (Å²) in [6.07, 6.45) is 1.20. The van der Waals surface area contributed by atoms with Crippen molar-refractivity contribution in [3.63, 3.8) is 0 Å². The summed E-state index contributed by atoms with van der Waals surface area (Å²) in [5.41, 5.74) is 7.46. The molecule has 0 heterocycles. The van der Waals surface area contributed by atoms with Crippen molar-refractivity contribution in [2.24, 2.45) is 5.92 Å². The van der Waals surface area contributed by atoms with Crippen LogP contribution in [-0.4, -0.2) is 6.10 Å². The Balaban J connectivity index is 1.50. The predicted molar refractivity (Wildman–Crippen MR) is 113 cm³/mol. The van der Waals surface area contributed by atoms with Gasteiger partial charge in [-0.15, -0.1) is 0 Å². The summed E-state index contributed by atoms with van der Waals surface area (Å²) in [5.74, 6) is 0.773. The molecule has 2 heteroatoms. The lowest BCUT2D eigenvalue weighted by atomic mass is 9.88. The first-order valence-corrected chi connectivity index (χ1v) is 10.1. The Labute approximate surface area is 167 Å². The van der Waals surface area contributed by atoms with E-state index in [1.54, 1.807) is 0 Å². The summed E-state index contributed by atoms with van der Waals surface area (Å²) in [7, 11) is 0. The first-order valence-electron chi connectivity index (χ1n) is 10.1. The highest BCUT2D eigenvalue weighted by Crippen LogP contribution is 2.40. The van der Waals surface area contributed by atoms with Gasteiger partial charge < -0.3 is 4.74 Å². The molecule has 1 aliphatic rings. The number of fused-ring (bicyclic) bond motifs is 1. The molecule has 3 aromatic rings. The zero-order valence-electron chi connectivity index (χ0n) is 16.8. The van der Waals surface area contributed by atoms with E-state index in [2.05, 4.69) is 57.2 Å². The smallest absolute Gasteiger partial charge is 0.123 e. The fourth-order valence-electron chi connectivity index (χ4n) is 4.42. The molecule has 0 spiro atoms. The van der Waals surface area contributed by atoms with Gasteiger partial charge in [-0.3, -0.25) is 0 Å². The van der Waals surface area contributed by atoms with Crippen molar-refractivity contribution >= 4 is 0 Å². The van der Waals surface area contributed by atoms with E-state index >= 15 is 0 Å². The van der Waals surface area contributed by atoms with Crippen LogP contribution in [0.2, 0.25) is 0 Å². The number of ether oxygens (including phenoxy) is 1. The van der Waals surface area contributed by atoms with E-state index in [1.165, 1.54) is 28.8 Å². The number of rotatable bonds is 5. The van der Waals surface area contributed by atoms with Crippen LogP contribution in [0.4, 0.5) is 4.39 Å². The molecular weight excluding hydrogens is 347 g/mol. The molecule has 0 saturated heterocycles. The van der Waals surface area contributed by atoms with Crippen LogP contribution in [0.5, 0.6) is 0 Å². The first-order chi connectivity index (χ1) is 13.5. The maximum absolute atomic E-state index is 13.2. The van der Waals surface area contributed by atoms with Crippen molar-refractivity contribution < 1.29 is 9.13 Å². The van der Waals surface area contributed by atoms with Crippen molar-refractivity contribution in [1.29, 1.82) is 0 Å². The molecule has 2 atom stereocenters. The zero-order chi connectivity index (χ0) is 19.7. The molecule has 0 saturated carbocycles. The Morgan fingerprint density at radius 3 is 2.50 bits per heavy atom. The van der Waals surface area contributed by atoms with E-state index in [-0.39, 0.29) is 11.9 Å². The van der Waals surface area contributed by atoms with Crippen molar-refractivity contribution in [1.82, 2.24) is 0 Å². The summed E-state index contributed by atoms with van der Waals surface area (Å²) >= 11 is 0. The normalized spacial score (nSPS) is 18.5. The second-order valence-corrected chi connectivity index (χ2v) is 8.23. The highest BCUT2D eigenvalue weighted by Gasteiger charge is 2.35. The molecule has 0 bridgehead atoms. The standard InChI is InChI=1S/C26H27FO/c1-17(2)26-24-12-7-18(3)13-22(24)15-25(26)28-16-19-5-4-6-21(14-19)20-8-10-23(27)11-9-20/h4-14,17,25-26H,15-16H2,1-3H3. The van der Waals surface area contributed by atoms with Gasteiger partial charge in [-0.05, 0) is 65.3 Å². The number of halogens is 1. The molecule has 0 N–H and O–H groups in total. The van der Waals surface area contributed by atoms with Crippen molar-refractivity contribution in [2.45, 2.75) is 45.8 Å². The van der Waals surface area contributed by atoms with Crippen LogP contribution in [0.3, 0.4) is 0 Å². The minimum Gasteiger partial charge on any atom is -0.373 e. The van der Waals surface area contributed by atoms with Gasteiger partial charge >= 0.3 is 0 Å². The van der Waals surface area contributed by atoms with Gasteiger partial charge in [-0.2, -0.15) is 0 Å². The van der Waals surface area contributed by atoms with Gasteiger partial charge in [-0.25, -0.2) is 4.39 Å². The van der Waals surface area contributed by atoms with Crippen LogP contribution >= 0.6 is 0 Å². The third kappa shape index (κ3) is 3.88. The first kappa shape index (κ1) is 18.9. The predicted octanol–water partition coefficient (Wildman–Crippen LogP) is 6.68. The second-order valence-electron chi connectivity index (χ2n) is 8.23. The third-order valence-electron chi connectivity index (χ3n) is 5.77. The topological polar surface area (TPSA) is 9.23 Å². The summed E-state index contributed by atoms with van der Waals surface area (Å²) in [6.45, 7) is 7.31. The molecule has 4 rings (SSSR count). The number of benzene rings is 3. The molecule has 0 radical (unpaired) electrons. The van der Waals surface area contributed by atoms with E-state index in [0.29, 0.717) is 18.4 Å². The fourth-order valence-corrected chi connectivity index (χ4v) is 4.42. The molecule has 1 nitrogen and oxygen atoms in total. The average molecular weight is 374 g/mol. The Bertz CT molecular complexity index is 958. The Hall–Kier alpha value is -2.45. The monoisotopic (exact) mass is 374 g/mol. The van der Waals surface area contributed by atoms with E-state index < -0.39 is 0 Å². The van der Waals surface area contributed by atoms with Crippen LogP contribution in [0, 0.1) is 18.7 Å². The zero-order valence-corrected chi connectivity index (χ0v) is 16.8. The van der Waals surface area contributed by atoms with Gasteiger partial charge in [0, 0.05) is 5.92 Å². The summed E-state index contributed by atoms with van der Waals surface area (Å²) in [5, 5.41) is 0. The van der Waals surface area contributed by atoms with Gasteiger partial charge in [0.05, 0.1) is 12.7 Å². The minimum absolute atomic E-state index is 0.209. The Kier molecular flexibility index (Phi) is 5.32. The highest BCUT2D eigenvalue weighted by molar-refractivity contribution is 5.64. The number of hydrogen-bond acceptors (Lipinski definition) is 1. The summed E-state index contributed by atoms with van der Waals surface area (Å²) in [6, 6.07) is 21.8. The summed E-state index contributed by atoms with van der Waals surface area (Å²) < 4.78 is 19.6. The average Bonchev–Trinajstić information content (AvgIpc) is 3.05. The molecule has 2 unspecified atom stereocenters. The SMILES string of the molecule is Cc1ccc2c(c1)CC(OCc1cccc(-c3ccc(F)cc3)c1)C2C(C)C. The third-order valence-corrected chi connectivity index (χ3v) is 5.77. The Morgan fingerprint density at radius 2 is 1.75 bits per heavy atom. The molecule has 28 heavy (non-hydrogen) atoms. The van der Waals surface area contributed by atoms with E-state index in [0.717, 1.165) is 23.1 Å². The lowest BCUT2D eigenvalue weighted by molar-refractivity contribution is 0.0205. The maximum atomic E-state index is 13.2. The van der Waals surface area contributed by atoms with Crippen LogP contribution in [0.1, 0.15) is 42.0 Å². The molecule has 3 aromatic carbocycles. The molecule has 0 aliphatic heterocycles. The van der Waals surface area contributed by atoms with Crippen molar-refractivity contribution in [3.05, 3.63) is 94.8 Å². The van der Waals surface area contributed by atoms with Gasteiger partial charge in [0.2, 0.25) is 0 Å². The lowest BCUT2D eigenvalue weighted by Crippen LogP contribution is -2.22. The Morgan fingerprint density at radius 1 is 0.964 bits per heavy atom. The summed E-state index contributed by atoms with van der Waals surface area (Å²) in [4.78, 5) is 0. The quantitative estimate of drug-likeness (QED) is 0.484. The molecule has 0 aromatic heterocycles. The largest absolute Gasteiger partial charge is 0.373 e. The van der Waals surface area contributed by atoms with Gasteiger partial charge in [0.1, 0.15) is 5.82 Å². The van der Waals surface area contributed by atoms with Crippen molar-refractivity contribution in [3.8, 4) is 11.1 Å². The van der Waals surface area contributed by atoms with E-state index in [4.69, 9.17) is 4.74 Å². The van der Waals surface area contributed by atoms with Crippen LogP contribution in [0.15, 0.2) is 66.7 Å². The molecule has 1 aliphatic carbocycles. The number of aryl methyl sites for hydroxylation is 1. The second kappa shape index (κ2) is 7.89. The fraction of sp³-hybridized carbons (Fsp3) is 0.308. The lowest BCUT2D eigenvalue weighted by Gasteiger charge is -2.24. The maximum Gasteiger partial charge on any atom is 0.123 e. The van der Waals surface area contributed by atoms with Crippen LogP contribution in [0.25, 0.3) is 11.1 Å².